The second kappa shape index (κ2) is 9.52. The Labute approximate surface area is 193 Å². The van der Waals surface area contributed by atoms with Crippen LogP contribution in [-0.4, -0.2) is 31.0 Å². The van der Waals surface area contributed by atoms with Gasteiger partial charge in [-0.15, -0.1) is 0 Å². The molecule has 0 unspecified atom stereocenters. The van der Waals surface area contributed by atoms with Crippen LogP contribution in [0.1, 0.15) is 38.2 Å². The Morgan fingerprint density at radius 1 is 1.12 bits per heavy atom. The van der Waals surface area contributed by atoms with E-state index >= 15 is 0 Å². The Kier molecular flexibility index (Phi) is 6.71. The van der Waals surface area contributed by atoms with E-state index in [4.69, 9.17) is 4.42 Å². The molecule has 0 aliphatic heterocycles. The van der Waals surface area contributed by atoms with E-state index in [-0.39, 0.29) is 28.8 Å². The van der Waals surface area contributed by atoms with Gasteiger partial charge in [-0.1, -0.05) is 37.3 Å². The van der Waals surface area contributed by atoms with Gasteiger partial charge in [0.15, 0.2) is 5.58 Å². The molecule has 33 heavy (non-hydrogen) atoms. The lowest BCUT2D eigenvalue weighted by Gasteiger charge is -2.28. The summed E-state index contributed by atoms with van der Waals surface area (Å²) in [5.74, 6) is -0.269. The number of nitrogens with zero attached hydrogens (tertiary/aromatic N) is 1. The molecule has 0 saturated heterocycles. The second-order valence-electron chi connectivity index (χ2n) is 8.89. The molecule has 1 fully saturated rings. The number of nitrogens with one attached hydrogen (secondary N) is 2. The first-order valence-electron chi connectivity index (χ1n) is 11.2. The summed E-state index contributed by atoms with van der Waals surface area (Å²) in [4.78, 5) is 24.9. The Hall–Kier alpha value is -2.91. The smallest absolute Gasteiger partial charge is 0.408 e. The highest BCUT2D eigenvalue weighted by Crippen LogP contribution is 2.24. The molecule has 2 aromatic carbocycles. The zero-order valence-electron chi connectivity index (χ0n) is 18.8. The van der Waals surface area contributed by atoms with Gasteiger partial charge in [0, 0.05) is 19.2 Å². The maximum absolute atomic E-state index is 13.2. The maximum atomic E-state index is 13.2. The van der Waals surface area contributed by atoms with Gasteiger partial charge in [-0.2, -0.15) is 4.72 Å². The molecule has 3 aromatic rings. The third kappa shape index (κ3) is 5.36. The average Bonchev–Trinajstić information content (AvgIpc) is 3.08. The van der Waals surface area contributed by atoms with Crippen LogP contribution in [0.3, 0.4) is 0 Å². The second-order valence-corrected chi connectivity index (χ2v) is 10.6. The van der Waals surface area contributed by atoms with Crippen molar-refractivity contribution in [2.45, 2.75) is 56.0 Å². The topological polar surface area (TPSA) is 110 Å². The first kappa shape index (κ1) is 23.3. The molecule has 2 N–H and O–H groups in total. The summed E-state index contributed by atoms with van der Waals surface area (Å²) in [6, 6.07) is 12.6. The van der Waals surface area contributed by atoms with Crippen molar-refractivity contribution in [3.8, 4) is 0 Å². The zero-order valence-corrected chi connectivity index (χ0v) is 19.6. The van der Waals surface area contributed by atoms with Crippen LogP contribution in [0.2, 0.25) is 0 Å². The summed E-state index contributed by atoms with van der Waals surface area (Å²) in [5.41, 5.74) is 1.51. The third-order valence-corrected chi connectivity index (χ3v) is 7.80. The lowest BCUT2D eigenvalue weighted by molar-refractivity contribution is -0.123. The van der Waals surface area contributed by atoms with Crippen molar-refractivity contribution >= 4 is 27.0 Å². The van der Waals surface area contributed by atoms with E-state index in [9.17, 15) is 18.0 Å². The largest absolute Gasteiger partial charge is 0.419 e. The molecule has 0 spiro atoms. The normalized spacial score (nSPS) is 19.9. The van der Waals surface area contributed by atoms with E-state index in [1.807, 2.05) is 30.3 Å². The Morgan fingerprint density at radius 2 is 1.82 bits per heavy atom. The minimum absolute atomic E-state index is 0.0476. The van der Waals surface area contributed by atoms with Gasteiger partial charge in [0.05, 0.1) is 10.4 Å². The molecule has 0 radical (unpaired) electrons. The van der Waals surface area contributed by atoms with Gasteiger partial charge in [0.1, 0.15) is 6.04 Å². The fourth-order valence-corrected chi connectivity index (χ4v) is 5.49. The number of benzene rings is 2. The van der Waals surface area contributed by atoms with Crippen molar-refractivity contribution in [2.24, 2.45) is 13.0 Å². The fraction of sp³-hybridized carbons (Fsp3) is 0.417. The van der Waals surface area contributed by atoms with Crippen LogP contribution in [0.25, 0.3) is 11.1 Å². The highest BCUT2D eigenvalue weighted by Gasteiger charge is 2.29. The maximum Gasteiger partial charge on any atom is 0.419 e. The van der Waals surface area contributed by atoms with Crippen LogP contribution in [0, 0.1) is 5.92 Å². The highest BCUT2D eigenvalue weighted by molar-refractivity contribution is 7.89. The minimum atomic E-state index is -4.05. The van der Waals surface area contributed by atoms with Gasteiger partial charge in [-0.3, -0.25) is 9.36 Å². The van der Waals surface area contributed by atoms with E-state index in [2.05, 4.69) is 17.0 Å². The van der Waals surface area contributed by atoms with Gasteiger partial charge in [-0.05, 0) is 55.7 Å². The summed E-state index contributed by atoms with van der Waals surface area (Å²) in [7, 11) is -2.50. The molecule has 1 aliphatic rings. The van der Waals surface area contributed by atoms with Gasteiger partial charge >= 0.3 is 5.76 Å². The van der Waals surface area contributed by atoms with E-state index in [0.29, 0.717) is 11.4 Å². The number of aryl methyl sites for hydroxylation is 1. The number of oxazole rings is 1. The summed E-state index contributed by atoms with van der Waals surface area (Å²) in [5, 5.41) is 3.05. The third-order valence-electron chi connectivity index (χ3n) is 6.33. The van der Waals surface area contributed by atoms with Crippen LogP contribution in [0.15, 0.2) is 62.6 Å². The summed E-state index contributed by atoms with van der Waals surface area (Å²) < 4.78 is 35.4. The molecule has 9 heteroatoms. The van der Waals surface area contributed by atoms with Crippen LogP contribution in [0.4, 0.5) is 0 Å². The lowest BCUT2D eigenvalue weighted by atomic mass is 9.87. The van der Waals surface area contributed by atoms with Crippen molar-refractivity contribution in [3.05, 3.63) is 64.6 Å². The quantitative estimate of drug-likeness (QED) is 0.551. The number of rotatable bonds is 7. The number of carbonyl (C=O) groups is 1. The van der Waals surface area contributed by atoms with Crippen LogP contribution < -0.4 is 15.8 Å². The Morgan fingerprint density at radius 3 is 2.52 bits per heavy atom. The summed E-state index contributed by atoms with van der Waals surface area (Å²) in [6.45, 7) is 2.20. The first-order chi connectivity index (χ1) is 15.7. The number of amides is 1. The molecule has 1 saturated carbocycles. The van der Waals surface area contributed by atoms with Gasteiger partial charge in [-0.25, -0.2) is 13.2 Å². The Bertz CT molecular complexity index is 1290. The van der Waals surface area contributed by atoms with Gasteiger partial charge in [0.2, 0.25) is 15.9 Å². The number of sulfonamides is 1. The monoisotopic (exact) mass is 471 g/mol. The molecule has 1 atom stereocenters. The van der Waals surface area contributed by atoms with Crippen molar-refractivity contribution in [2.75, 3.05) is 0 Å². The molecular formula is C24H29N3O5S. The predicted molar refractivity (Wildman–Crippen MR) is 125 cm³/mol. The lowest BCUT2D eigenvalue weighted by Crippen LogP contribution is -2.51. The number of hydrogen-bond acceptors (Lipinski definition) is 5. The van der Waals surface area contributed by atoms with Gasteiger partial charge < -0.3 is 9.73 Å². The molecule has 176 valence electrons. The molecule has 1 aromatic heterocycles. The SMILES string of the molecule is CC1CCC(NC(=O)[C@@H](Cc2ccccc2)NS(=O)(=O)c2ccc3c(c2)oc(=O)n3C)CC1. The van der Waals surface area contributed by atoms with Crippen molar-refractivity contribution < 1.29 is 17.6 Å². The van der Waals surface area contributed by atoms with Crippen molar-refractivity contribution in [3.63, 3.8) is 0 Å². The molecule has 1 heterocycles. The van der Waals surface area contributed by atoms with Crippen LogP contribution in [0.5, 0.6) is 0 Å². The Balaban J connectivity index is 1.58. The molecule has 1 amide bonds. The average molecular weight is 472 g/mol. The van der Waals surface area contributed by atoms with Gasteiger partial charge in [0.25, 0.3) is 0 Å². The number of aromatic nitrogens is 1. The van der Waals surface area contributed by atoms with Crippen LogP contribution in [-0.2, 0) is 28.3 Å². The number of fused-ring (bicyclic) bond motifs is 1. The highest BCUT2D eigenvalue weighted by atomic mass is 32.2. The first-order valence-corrected chi connectivity index (χ1v) is 12.7. The molecule has 1 aliphatic carbocycles. The molecule has 4 rings (SSSR count). The number of carbonyl (C=O) groups excluding carboxylic acids is 1. The number of hydrogen-bond donors (Lipinski definition) is 2. The standard InChI is InChI=1S/C24H29N3O5S/c1-16-8-10-18(11-9-16)25-23(28)20(14-17-6-4-3-5-7-17)26-33(30,31)19-12-13-21-22(15-19)32-24(29)27(21)2/h3-7,12-13,15-16,18,20,26H,8-11,14H2,1-2H3,(H,25,28)/t16?,18?,20-/m1/s1. The fourth-order valence-electron chi connectivity index (χ4n) is 4.28. The van der Waals surface area contributed by atoms with E-state index in [1.54, 1.807) is 7.05 Å². The van der Waals surface area contributed by atoms with E-state index < -0.39 is 21.8 Å². The zero-order chi connectivity index (χ0) is 23.6. The summed E-state index contributed by atoms with van der Waals surface area (Å²) in [6.07, 6.45) is 4.09. The molecule has 0 bridgehead atoms. The van der Waals surface area contributed by atoms with Crippen molar-refractivity contribution in [1.82, 2.24) is 14.6 Å². The molecular weight excluding hydrogens is 442 g/mol. The predicted octanol–water partition coefficient (Wildman–Crippen LogP) is 2.72. The van der Waals surface area contributed by atoms with Crippen LogP contribution >= 0.6 is 0 Å². The summed E-state index contributed by atoms with van der Waals surface area (Å²) >= 11 is 0. The van der Waals surface area contributed by atoms with Crippen molar-refractivity contribution in [1.29, 1.82) is 0 Å². The minimum Gasteiger partial charge on any atom is -0.408 e. The molecule has 8 nitrogen and oxygen atoms in total. The van der Waals surface area contributed by atoms with E-state index in [1.165, 1.54) is 22.8 Å². The van der Waals surface area contributed by atoms with E-state index in [0.717, 1.165) is 31.2 Å².